The van der Waals surface area contributed by atoms with Gasteiger partial charge in [-0.3, -0.25) is 9.59 Å². The predicted octanol–water partition coefficient (Wildman–Crippen LogP) is 4.42. The zero-order chi connectivity index (χ0) is 23.5. The minimum absolute atomic E-state index is 0.0246. The van der Waals surface area contributed by atoms with Crippen LogP contribution in [0.15, 0.2) is 52.0 Å². The summed E-state index contributed by atoms with van der Waals surface area (Å²) in [5.74, 6) is -0.0622. The lowest BCUT2D eigenvalue weighted by Crippen LogP contribution is -2.36. The van der Waals surface area contributed by atoms with E-state index in [1.807, 2.05) is 6.07 Å². The number of nitrogens with one attached hydrogen (secondary N) is 1. The van der Waals surface area contributed by atoms with Crippen molar-refractivity contribution in [2.75, 3.05) is 19.4 Å². The molecule has 2 aromatic rings. The fourth-order valence-corrected chi connectivity index (χ4v) is 4.67. The van der Waals surface area contributed by atoms with Gasteiger partial charge in [-0.2, -0.15) is 0 Å². The van der Waals surface area contributed by atoms with E-state index in [0.29, 0.717) is 22.8 Å². The van der Waals surface area contributed by atoms with Gasteiger partial charge >= 0.3 is 5.97 Å². The van der Waals surface area contributed by atoms with Crippen molar-refractivity contribution in [1.82, 2.24) is 10.2 Å². The Bertz CT molecular complexity index is 907. The number of esters is 1. The standard InChI is InChI=1S/C25H32N2O5S/c1-27(16-20-12-9-15-31-20)24(29)17-32-25(30)21-13-7-8-14-22(21)33-18-23(28)26-19-10-5-3-2-4-6-11-19/h7-9,12-15,19H,2-6,10-11,16-18H2,1H3,(H,26,28). The second-order valence-corrected chi connectivity index (χ2v) is 9.32. The predicted molar refractivity (Wildman–Crippen MR) is 127 cm³/mol. The van der Waals surface area contributed by atoms with Crippen LogP contribution in [0.2, 0.25) is 0 Å². The molecule has 1 aliphatic carbocycles. The highest BCUT2D eigenvalue weighted by atomic mass is 32.2. The highest BCUT2D eigenvalue weighted by molar-refractivity contribution is 8.00. The van der Waals surface area contributed by atoms with Crippen LogP contribution in [0.5, 0.6) is 0 Å². The number of amides is 2. The first-order valence-electron chi connectivity index (χ1n) is 11.5. The highest BCUT2D eigenvalue weighted by Crippen LogP contribution is 2.24. The summed E-state index contributed by atoms with van der Waals surface area (Å²) < 4.78 is 10.5. The number of ether oxygens (including phenoxy) is 1. The molecule has 0 spiro atoms. The molecule has 0 unspecified atom stereocenters. The minimum atomic E-state index is -0.585. The average Bonchev–Trinajstić information content (AvgIpc) is 3.30. The third kappa shape index (κ3) is 8.28. The molecule has 178 valence electrons. The first-order chi connectivity index (χ1) is 16.0. The van der Waals surface area contributed by atoms with E-state index < -0.39 is 5.97 Å². The molecular weight excluding hydrogens is 440 g/mol. The van der Waals surface area contributed by atoms with Gasteiger partial charge in [0.15, 0.2) is 6.61 Å². The summed E-state index contributed by atoms with van der Waals surface area (Å²) >= 11 is 1.30. The zero-order valence-electron chi connectivity index (χ0n) is 19.1. The largest absolute Gasteiger partial charge is 0.467 e. The molecule has 0 bridgehead atoms. The van der Waals surface area contributed by atoms with Crippen molar-refractivity contribution in [3.8, 4) is 0 Å². The van der Waals surface area contributed by atoms with Gasteiger partial charge in [0.05, 0.1) is 24.1 Å². The van der Waals surface area contributed by atoms with E-state index in [0.717, 1.165) is 25.7 Å². The van der Waals surface area contributed by atoms with Crippen LogP contribution in [-0.2, 0) is 20.9 Å². The van der Waals surface area contributed by atoms with E-state index in [1.54, 1.807) is 43.6 Å². The van der Waals surface area contributed by atoms with Gasteiger partial charge in [-0.1, -0.05) is 44.2 Å². The number of carbonyl (C=O) groups is 3. The maximum atomic E-state index is 12.6. The number of rotatable bonds is 9. The molecule has 0 radical (unpaired) electrons. The molecule has 33 heavy (non-hydrogen) atoms. The van der Waals surface area contributed by atoms with Crippen LogP contribution in [0.1, 0.15) is 61.1 Å². The van der Waals surface area contributed by atoms with E-state index in [4.69, 9.17) is 9.15 Å². The van der Waals surface area contributed by atoms with Gasteiger partial charge in [-0.25, -0.2) is 4.79 Å². The maximum Gasteiger partial charge on any atom is 0.339 e. The van der Waals surface area contributed by atoms with Crippen LogP contribution in [0.3, 0.4) is 0 Å². The monoisotopic (exact) mass is 472 g/mol. The molecule has 1 aliphatic rings. The number of furan rings is 1. The maximum absolute atomic E-state index is 12.6. The first-order valence-corrected chi connectivity index (χ1v) is 12.5. The minimum Gasteiger partial charge on any atom is -0.467 e. The SMILES string of the molecule is CN(Cc1ccco1)C(=O)COC(=O)c1ccccc1SCC(=O)NC1CCCCCCC1. The molecule has 1 heterocycles. The van der Waals surface area contributed by atoms with Gasteiger partial charge in [0, 0.05) is 18.0 Å². The van der Waals surface area contributed by atoms with Crippen LogP contribution in [0.4, 0.5) is 0 Å². The normalized spacial score (nSPS) is 14.7. The van der Waals surface area contributed by atoms with Crippen molar-refractivity contribution in [1.29, 1.82) is 0 Å². The number of nitrogens with zero attached hydrogens (tertiary/aromatic N) is 1. The van der Waals surface area contributed by atoms with Crippen molar-refractivity contribution in [3.63, 3.8) is 0 Å². The van der Waals surface area contributed by atoms with Crippen LogP contribution in [0.25, 0.3) is 0 Å². The summed E-state index contributed by atoms with van der Waals surface area (Å²) in [6.07, 6.45) is 9.67. The van der Waals surface area contributed by atoms with Crippen LogP contribution in [0, 0.1) is 0 Å². The number of benzene rings is 1. The number of hydrogen-bond acceptors (Lipinski definition) is 6. The molecule has 3 rings (SSSR count). The molecule has 7 nitrogen and oxygen atoms in total. The summed E-state index contributed by atoms with van der Waals surface area (Å²) in [5.41, 5.74) is 0.350. The summed E-state index contributed by atoms with van der Waals surface area (Å²) in [4.78, 5) is 39.5. The average molecular weight is 473 g/mol. The summed E-state index contributed by atoms with van der Waals surface area (Å²) in [7, 11) is 1.62. The van der Waals surface area contributed by atoms with E-state index in [9.17, 15) is 14.4 Å². The first kappa shape index (κ1) is 24.9. The number of hydrogen-bond donors (Lipinski definition) is 1. The Morgan fingerprint density at radius 1 is 1.06 bits per heavy atom. The van der Waals surface area contributed by atoms with Gasteiger partial charge in [-0.15, -0.1) is 11.8 Å². The lowest BCUT2D eigenvalue weighted by molar-refractivity contribution is -0.134. The van der Waals surface area contributed by atoms with Gasteiger partial charge in [0.25, 0.3) is 5.91 Å². The Balaban J connectivity index is 1.47. The molecule has 1 fully saturated rings. The third-order valence-electron chi connectivity index (χ3n) is 5.66. The van der Waals surface area contributed by atoms with Crippen LogP contribution < -0.4 is 5.32 Å². The Morgan fingerprint density at radius 2 is 1.79 bits per heavy atom. The molecule has 0 atom stereocenters. The van der Waals surface area contributed by atoms with Gasteiger partial charge < -0.3 is 19.4 Å². The van der Waals surface area contributed by atoms with E-state index in [2.05, 4.69) is 5.32 Å². The molecular formula is C25H32N2O5S. The molecule has 2 amide bonds. The second kappa shape index (κ2) is 13.1. The molecule has 8 heteroatoms. The van der Waals surface area contributed by atoms with Gasteiger partial charge in [0.2, 0.25) is 5.91 Å². The van der Waals surface area contributed by atoms with Gasteiger partial charge in [0.1, 0.15) is 5.76 Å². The van der Waals surface area contributed by atoms with Crippen LogP contribution in [-0.4, -0.2) is 48.1 Å². The third-order valence-corrected chi connectivity index (χ3v) is 6.74. The quantitative estimate of drug-likeness (QED) is 0.429. The van der Waals surface area contributed by atoms with Crippen molar-refractivity contribution >= 4 is 29.5 Å². The Kier molecular flexibility index (Phi) is 9.87. The van der Waals surface area contributed by atoms with Crippen LogP contribution >= 0.6 is 11.8 Å². The summed E-state index contributed by atoms with van der Waals surface area (Å²) in [6.45, 7) is -0.0663. The van der Waals surface area contributed by atoms with Crippen molar-refractivity contribution < 1.29 is 23.5 Å². The van der Waals surface area contributed by atoms with Gasteiger partial charge in [-0.05, 0) is 37.1 Å². The number of likely N-dealkylation sites (N-methyl/N-ethyl adjacent to an activating group) is 1. The molecule has 1 saturated carbocycles. The number of thioether (sulfide) groups is 1. The second-order valence-electron chi connectivity index (χ2n) is 8.30. The summed E-state index contributed by atoms with van der Waals surface area (Å²) in [6, 6.07) is 10.7. The number of carbonyl (C=O) groups excluding carboxylic acids is 3. The molecule has 0 aliphatic heterocycles. The molecule has 1 N–H and O–H groups in total. The lowest BCUT2D eigenvalue weighted by atomic mass is 9.97. The lowest BCUT2D eigenvalue weighted by Gasteiger charge is -2.21. The Hall–Kier alpha value is -2.74. The molecule has 1 aromatic carbocycles. The Morgan fingerprint density at radius 3 is 2.52 bits per heavy atom. The zero-order valence-corrected chi connectivity index (χ0v) is 19.9. The fourth-order valence-electron chi connectivity index (χ4n) is 3.81. The Labute approximate surface area is 199 Å². The fraction of sp³-hybridized carbons (Fsp3) is 0.480. The molecule has 0 saturated heterocycles. The smallest absolute Gasteiger partial charge is 0.339 e. The van der Waals surface area contributed by atoms with Crippen molar-refractivity contribution in [3.05, 3.63) is 54.0 Å². The van der Waals surface area contributed by atoms with E-state index >= 15 is 0 Å². The van der Waals surface area contributed by atoms with E-state index in [-0.39, 0.29) is 30.2 Å². The van der Waals surface area contributed by atoms with Crippen molar-refractivity contribution in [2.45, 2.75) is 62.4 Å². The van der Waals surface area contributed by atoms with E-state index in [1.165, 1.54) is 35.9 Å². The summed E-state index contributed by atoms with van der Waals surface area (Å²) in [5, 5.41) is 3.14. The highest BCUT2D eigenvalue weighted by Gasteiger charge is 2.19. The van der Waals surface area contributed by atoms with Crippen molar-refractivity contribution in [2.24, 2.45) is 0 Å². The topological polar surface area (TPSA) is 88.9 Å². The molecule has 1 aromatic heterocycles.